The van der Waals surface area contributed by atoms with Gasteiger partial charge in [-0.3, -0.25) is 9.69 Å². The Morgan fingerprint density at radius 2 is 1.96 bits per heavy atom. The van der Waals surface area contributed by atoms with Crippen LogP contribution in [-0.2, 0) is 11.3 Å². The normalized spacial score (nSPS) is 21.1. The highest BCUT2D eigenvalue weighted by atomic mass is 16.3. The highest BCUT2D eigenvalue weighted by Gasteiger charge is 2.27. The van der Waals surface area contributed by atoms with Crippen LogP contribution in [0, 0.1) is 6.92 Å². The van der Waals surface area contributed by atoms with E-state index in [9.17, 15) is 14.7 Å². The molecular formula is C21H32N4O3. The minimum atomic E-state index is -0.180. The Bertz CT molecular complexity index is 664. The Balaban J connectivity index is 1.41. The molecule has 1 aromatic carbocycles. The van der Waals surface area contributed by atoms with Crippen LogP contribution in [0.1, 0.15) is 30.4 Å². The summed E-state index contributed by atoms with van der Waals surface area (Å²) in [6.07, 6.45) is 3.31. The van der Waals surface area contributed by atoms with Crippen LogP contribution in [0.15, 0.2) is 24.3 Å². The number of hydrogen-bond acceptors (Lipinski definition) is 4. The minimum Gasteiger partial charge on any atom is -0.395 e. The summed E-state index contributed by atoms with van der Waals surface area (Å²) in [7, 11) is 0. The van der Waals surface area contributed by atoms with Gasteiger partial charge in [-0.1, -0.05) is 36.2 Å². The van der Waals surface area contributed by atoms with E-state index >= 15 is 0 Å². The molecule has 2 N–H and O–H groups in total. The number of piperidine rings is 1. The molecule has 0 bridgehead atoms. The maximum atomic E-state index is 12.5. The Hall–Kier alpha value is -2.12. The van der Waals surface area contributed by atoms with Crippen molar-refractivity contribution in [3.8, 4) is 0 Å². The first-order valence-corrected chi connectivity index (χ1v) is 10.3. The molecule has 3 rings (SSSR count). The predicted octanol–water partition coefficient (Wildman–Crippen LogP) is 1.20. The number of amides is 3. The fraction of sp³-hybridized carbons (Fsp3) is 0.619. The molecule has 0 aliphatic carbocycles. The first-order valence-electron chi connectivity index (χ1n) is 10.3. The Kier molecular flexibility index (Phi) is 7.28. The zero-order valence-corrected chi connectivity index (χ0v) is 16.8. The molecule has 3 amide bonds. The van der Waals surface area contributed by atoms with Gasteiger partial charge in [-0.2, -0.15) is 0 Å². The van der Waals surface area contributed by atoms with E-state index in [1.54, 1.807) is 4.90 Å². The predicted molar refractivity (Wildman–Crippen MR) is 108 cm³/mol. The van der Waals surface area contributed by atoms with Gasteiger partial charge in [0.1, 0.15) is 6.54 Å². The van der Waals surface area contributed by atoms with Crippen molar-refractivity contribution in [3.63, 3.8) is 0 Å². The molecule has 0 saturated carbocycles. The van der Waals surface area contributed by atoms with Gasteiger partial charge >= 0.3 is 6.03 Å². The number of rotatable bonds is 6. The molecule has 2 aliphatic heterocycles. The average Bonchev–Trinajstić information content (AvgIpc) is 2.71. The molecule has 0 unspecified atom stereocenters. The van der Waals surface area contributed by atoms with Gasteiger partial charge in [0.15, 0.2) is 0 Å². The smallest absolute Gasteiger partial charge is 0.317 e. The van der Waals surface area contributed by atoms with Gasteiger partial charge in [-0.25, -0.2) is 4.79 Å². The minimum absolute atomic E-state index is 0.0154. The van der Waals surface area contributed by atoms with Crippen LogP contribution in [0.25, 0.3) is 0 Å². The topological polar surface area (TPSA) is 76.1 Å². The molecule has 2 saturated heterocycles. The fourth-order valence-electron chi connectivity index (χ4n) is 3.94. The monoisotopic (exact) mass is 388 g/mol. The molecule has 1 atom stereocenters. The Morgan fingerprint density at radius 1 is 1.18 bits per heavy atom. The number of urea groups is 1. The van der Waals surface area contributed by atoms with E-state index in [1.807, 2.05) is 36.1 Å². The fourth-order valence-corrected chi connectivity index (χ4v) is 3.94. The highest BCUT2D eigenvalue weighted by Crippen LogP contribution is 2.16. The van der Waals surface area contributed by atoms with E-state index in [0.29, 0.717) is 26.2 Å². The number of carbonyl (C=O) groups is 2. The van der Waals surface area contributed by atoms with Crippen molar-refractivity contribution in [1.82, 2.24) is 20.0 Å². The second-order valence-corrected chi connectivity index (χ2v) is 7.82. The lowest BCUT2D eigenvalue weighted by atomic mass is 10.0. The van der Waals surface area contributed by atoms with Crippen LogP contribution in [0.5, 0.6) is 0 Å². The molecule has 2 fully saturated rings. The molecular weight excluding hydrogens is 356 g/mol. The molecule has 2 heterocycles. The van der Waals surface area contributed by atoms with Crippen LogP contribution >= 0.6 is 0 Å². The van der Waals surface area contributed by atoms with E-state index in [0.717, 1.165) is 37.9 Å². The van der Waals surface area contributed by atoms with Gasteiger partial charge in [0.05, 0.1) is 6.61 Å². The number of carbonyl (C=O) groups excluding carboxylic acids is 2. The molecule has 7 nitrogen and oxygen atoms in total. The maximum Gasteiger partial charge on any atom is 0.317 e. The number of nitrogens with one attached hydrogen (secondary N) is 1. The maximum absolute atomic E-state index is 12.5. The lowest BCUT2D eigenvalue weighted by Crippen LogP contribution is -2.55. The van der Waals surface area contributed by atoms with Crippen molar-refractivity contribution >= 4 is 11.9 Å². The molecule has 7 heteroatoms. The van der Waals surface area contributed by atoms with Gasteiger partial charge in [-0.15, -0.1) is 0 Å². The third-order valence-electron chi connectivity index (χ3n) is 5.73. The second kappa shape index (κ2) is 9.89. The molecule has 0 spiro atoms. The summed E-state index contributed by atoms with van der Waals surface area (Å²) < 4.78 is 0. The summed E-state index contributed by atoms with van der Waals surface area (Å²) in [5, 5.41) is 12.4. The SMILES string of the molecule is Cc1ccc(CN2CCN(C(=O)NCCN3CCCC[C@H]3CO)CC2=O)cc1. The molecule has 28 heavy (non-hydrogen) atoms. The van der Waals surface area contributed by atoms with E-state index < -0.39 is 0 Å². The van der Waals surface area contributed by atoms with Crippen LogP contribution in [0.2, 0.25) is 0 Å². The zero-order chi connectivity index (χ0) is 19.9. The lowest BCUT2D eigenvalue weighted by molar-refractivity contribution is -0.135. The lowest BCUT2D eigenvalue weighted by Gasteiger charge is -2.36. The van der Waals surface area contributed by atoms with Gasteiger partial charge in [0.2, 0.25) is 5.91 Å². The third-order valence-corrected chi connectivity index (χ3v) is 5.73. The first kappa shape index (κ1) is 20.6. The molecule has 0 radical (unpaired) electrons. The summed E-state index contributed by atoms with van der Waals surface area (Å²) in [6.45, 7) is 6.27. The number of benzene rings is 1. The van der Waals surface area contributed by atoms with E-state index in [2.05, 4.69) is 10.2 Å². The number of hydrogen-bond donors (Lipinski definition) is 2. The van der Waals surface area contributed by atoms with Crippen LogP contribution in [0.3, 0.4) is 0 Å². The molecule has 0 aromatic heterocycles. The van der Waals surface area contributed by atoms with Crippen molar-refractivity contribution < 1.29 is 14.7 Å². The van der Waals surface area contributed by atoms with Crippen molar-refractivity contribution in [2.45, 2.75) is 38.8 Å². The molecule has 154 valence electrons. The van der Waals surface area contributed by atoms with Crippen molar-refractivity contribution in [2.75, 3.05) is 45.9 Å². The van der Waals surface area contributed by atoms with Gasteiger partial charge < -0.3 is 20.2 Å². The Morgan fingerprint density at radius 3 is 2.68 bits per heavy atom. The Labute approximate surface area is 167 Å². The summed E-state index contributed by atoms with van der Waals surface area (Å²) in [5.74, 6) is -0.0154. The van der Waals surface area contributed by atoms with Crippen molar-refractivity contribution in [3.05, 3.63) is 35.4 Å². The second-order valence-electron chi connectivity index (χ2n) is 7.82. The quantitative estimate of drug-likeness (QED) is 0.768. The number of piperazine rings is 1. The number of likely N-dealkylation sites (tertiary alicyclic amines) is 1. The van der Waals surface area contributed by atoms with Crippen molar-refractivity contribution in [1.29, 1.82) is 0 Å². The summed E-state index contributed by atoms with van der Waals surface area (Å²) >= 11 is 0. The largest absolute Gasteiger partial charge is 0.395 e. The zero-order valence-electron chi connectivity index (χ0n) is 16.8. The average molecular weight is 389 g/mol. The van der Waals surface area contributed by atoms with E-state index in [1.165, 1.54) is 5.56 Å². The number of nitrogens with zero attached hydrogens (tertiary/aromatic N) is 3. The van der Waals surface area contributed by atoms with Gasteiger partial charge in [0.25, 0.3) is 0 Å². The molecule has 2 aliphatic rings. The van der Waals surface area contributed by atoms with E-state index in [4.69, 9.17) is 0 Å². The summed E-state index contributed by atoms with van der Waals surface area (Å²) in [5.41, 5.74) is 2.31. The summed E-state index contributed by atoms with van der Waals surface area (Å²) in [6, 6.07) is 8.21. The number of aryl methyl sites for hydroxylation is 1. The van der Waals surface area contributed by atoms with E-state index in [-0.39, 0.29) is 31.1 Å². The molecule has 1 aromatic rings. The first-order chi connectivity index (χ1) is 13.6. The van der Waals surface area contributed by atoms with Gasteiger partial charge in [-0.05, 0) is 31.9 Å². The van der Waals surface area contributed by atoms with Crippen LogP contribution < -0.4 is 5.32 Å². The third kappa shape index (κ3) is 5.45. The van der Waals surface area contributed by atoms with Crippen LogP contribution in [-0.4, -0.2) is 83.7 Å². The van der Waals surface area contributed by atoms with Gasteiger partial charge in [0, 0.05) is 38.8 Å². The standard InChI is InChI=1S/C21H32N4O3/c1-17-5-7-18(8-6-17)14-24-12-13-25(15-20(24)27)21(28)22-9-11-23-10-3-2-4-19(23)16-26/h5-8,19,26H,2-4,9-16H2,1H3,(H,22,28)/t19-/m0/s1. The summed E-state index contributed by atoms with van der Waals surface area (Å²) in [4.78, 5) is 30.5. The van der Waals surface area contributed by atoms with Crippen LogP contribution in [0.4, 0.5) is 4.79 Å². The highest BCUT2D eigenvalue weighted by molar-refractivity contribution is 5.85. The number of aliphatic hydroxyl groups excluding tert-OH is 1. The van der Waals surface area contributed by atoms with Crippen molar-refractivity contribution in [2.24, 2.45) is 0 Å². The number of aliphatic hydroxyl groups is 1.